The lowest BCUT2D eigenvalue weighted by molar-refractivity contribution is -0.122. The molecule has 1 aromatic carbocycles. The van der Waals surface area contributed by atoms with Crippen molar-refractivity contribution in [3.8, 4) is 0 Å². The Morgan fingerprint density at radius 2 is 2.11 bits per heavy atom. The number of carbonyl (C=O) groups is 1. The number of hydrogen-bond acceptors (Lipinski definition) is 6. The number of tetrazole rings is 1. The minimum Gasteiger partial charge on any atom is -0.379 e. The molecule has 2 aromatic rings. The zero-order chi connectivity index (χ0) is 19.2. The summed E-state index contributed by atoms with van der Waals surface area (Å²) in [6, 6.07) is 8.57. The van der Waals surface area contributed by atoms with Crippen LogP contribution in [-0.4, -0.2) is 57.3 Å². The van der Waals surface area contributed by atoms with E-state index in [1.807, 2.05) is 4.68 Å². The van der Waals surface area contributed by atoms with Crippen LogP contribution in [0.25, 0.3) is 0 Å². The first kappa shape index (κ1) is 19.0. The number of aryl methyl sites for hydroxylation is 2. The van der Waals surface area contributed by atoms with Crippen LogP contribution in [0.5, 0.6) is 0 Å². The maximum atomic E-state index is 12.5. The van der Waals surface area contributed by atoms with E-state index < -0.39 is 0 Å². The number of rotatable bonds is 7. The highest BCUT2D eigenvalue weighted by Crippen LogP contribution is 2.29. The molecule has 0 spiro atoms. The Morgan fingerprint density at radius 1 is 1.25 bits per heavy atom. The molecule has 1 N–H and O–H groups in total. The molecule has 0 bridgehead atoms. The summed E-state index contributed by atoms with van der Waals surface area (Å²) in [7, 11) is 0. The molecule has 1 fully saturated rings. The SMILES string of the molecule is O=C(CCCn1nnnc1CN1CCOCC1)N[C@@H]1CCCc2ccccc21. The van der Waals surface area contributed by atoms with Crippen molar-refractivity contribution in [1.82, 2.24) is 30.4 Å². The van der Waals surface area contributed by atoms with Crippen molar-refractivity contribution < 1.29 is 9.53 Å². The van der Waals surface area contributed by atoms with E-state index in [9.17, 15) is 4.79 Å². The average molecular weight is 384 g/mol. The van der Waals surface area contributed by atoms with E-state index in [0.717, 1.165) is 64.4 Å². The van der Waals surface area contributed by atoms with Gasteiger partial charge in [-0.2, -0.15) is 0 Å². The van der Waals surface area contributed by atoms with Gasteiger partial charge in [-0.25, -0.2) is 4.68 Å². The van der Waals surface area contributed by atoms with Crippen molar-refractivity contribution >= 4 is 5.91 Å². The summed E-state index contributed by atoms with van der Waals surface area (Å²) in [5, 5.41) is 15.3. The van der Waals surface area contributed by atoms with E-state index in [2.05, 4.69) is 50.0 Å². The fourth-order valence-corrected chi connectivity index (χ4v) is 4.03. The number of fused-ring (bicyclic) bond motifs is 1. The standard InChI is InChI=1S/C20H28N6O2/c27-20(21-18-8-3-6-16-5-1-2-7-17(16)18)9-4-10-26-19(22-23-24-26)15-25-11-13-28-14-12-25/h1-2,5,7,18H,3-4,6,8-15H2,(H,21,27)/t18-/m1/s1. The zero-order valence-corrected chi connectivity index (χ0v) is 16.2. The van der Waals surface area contributed by atoms with Gasteiger partial charge in [0.1, 0.15) is 0 Å². The Labute approximate surface area is 165 Å². The van der Waals surface area contributed by atoms with Crippen molar-refractivity contribution in [2.45, 2.75) is 51.2 Å². The van der Waals surface area contributed by atoms with Gasteiger partial charge in [-0.3, -0.25) is 9.69 Å². The van der Waals surface area contributed by atoms with Gasteiger partial charge in [0.2, 0.25) is 5.91 Å². The number of aromatic nitrogens is 4. The number of hydrogen-bond donors (Lipinski definition) is 1. The van der Waals surface area contributed by atoms with Crippen LogP contribution in [-0.2, 0) is 29.0 Å². The number of benzene rings is 1. The lowest BCUT2D eigenvalue weighted by Crippen LogP contribution is -2.36. The Balaban J connectivity index is 1.25. The third-order valence-electron chi connectivity index (χ3n) is 5.55. The van der Waals surface area contributed by atoms with Crippen LogP contribution < -0.4 is 5.32 Å². The van der Waals surface area contributed by atoms with Crippen molar-refractivity contribution in [3.63, 3.8) is 0 Å². The molecule has 1 atom stereocenters. The third kappa shape index (κ3) is 4.74. The van der Waals surface area contributed by atoms with E-state index in [-0.39, 0.29) is 11.9 Å². The summed E-state index contributed by atoms with van der Waals surface area (Å²) in [5.41, 5.74) is 2.64. The number of nitrogens with one attached hydrogen (secondary N) is 1. The molecule has 1 aliphatic heterocycles. The first-order valence-corrected chi connectivity index (χ1v) is 10.2. The van der Waals surface area contributed by atoms with Gasteiger partial charge in [-0.15, -0.1) is 5.10 Å². The van der Waals surface area contributed by atoms with Gasteiger partial charge in [0, 0.05) is 26.1 Å². The molecule has 1 aromatic heterocycles. The molecule has 0 unspecified atom stereocenters. The van der Waals surface area contributed by atoms with Crippen molar-refractivity contribution in [1.29, 1.82) is 0 Å². The molecular weight excluding hydrogens is 356 g/mol. The number of carbonyl (C=O) groups excluding carboxylic acids is 1. The van der Waals surface area contributed by atoms with Crippen LogP contribution in [0.1, 0.15) is 48.7 Å². The summed E-state index contributed by atoms with van der Waals surface area (Å²) in [4.78, 5) is 14.7. The number of morpholine rings is 1. The van der Waals surface area contributed by atoms with Gasteiger partial charge in [-0.05, 0) is 47.2 Å². The number of ether oxygens (including phenoxy) is 1. The monoisotopic (exact) mass is 384 g/mol. The van der Waals surface area contributed by atoms with Gasteiger partial charge < -0.3 is 10.1 Å². The van der Waals surface area contributed by atoms with Crippen LogP contribution >= 0.6 is 0 Å². The second-order valence-electron chi connectivity index (χ2n) is 7.52. The molecule has 1 saturated heterocycles. The Morgan fingerprint density at radius 3 is 3.00 bits per heavy atom. The quantitative estimate of drug-likeness (QED) is 0.778. The second-order valence-corrected chi connectivity index (χ2v) is 7.52. The first-order chi connectivity index (χ1) is 13.8. The molecule has 28 heavy (non-hydrogen) atoms. The van der Waals surface area contributed by atoms with Gasteiger partial charge >= 0.3 is 0 Å². The summed E-state index contributed by atoms with van der Waals surface area (Å²) < 4.78 is 7.20. The molecule has 8 nitrogen and oxygen atoms in total. The maximum absolute atomic E-state index is 12.5. The van der Waals surface area contributed by atoms with Crippen LogP contribution in [0.15, 0.2) is 24.3 Å². The molecule has 4 rings (SSSR count). The first-order valence-electron chi connectivity index (χ1n) is 10.2. The number of nitrogens with zero attached hydrogens (tertiary/aromatic N) is 5. The molecule has 1 amide bonds. The van der Waals surface area contributed by atoms with E-state index in [1.54, 1.807) is 0 Å². The van der Waals surface area contributed by atoms with Gasteiger partial charge in [-0.1, -0.05) is 24.3 Å². The predicted molar refractivity (Wildman–Crippen MR) is 103 cm³/mol. The number of amides is 1. The molecule has 150 valence electrons. The van der Waals surface area contributed by atoms with Crippen molar-refractivity contribution in [2.75, 3.05) is 26.3 Å². The van der Waals surface area contributed by atoms with E-state index in [0.29, 0.717) is 13.0 Å². The highest BCUT2D eigenvalue weighted by molar-refractivity contribution is 5.76. The van der Waals surface area contributed by atoms with Gasteiger partial charge in [0.05, 0.1) is 25.8 Å². The van der Waals surface area contributed by atoms with E-state index in [4.69, 9.17) is 4.74 Å². The van der Waals surface area contributed by atoms with Crippen LogP contribution in [0.4, 0.5) is 0 Å². The van der Waals surface area contributed by atoms with Gasteiger partial charge in [0.15, 0.2) is 5.82 Å². The normalized spacial score (nSPS) is 19.9. The second kappa shape index (κ2) is 9.25. The molecule has 2 aliphatic rings. The molecule has 2 heterocycles. The van der Waals surface area contributed by atoms with Crippen LogP contribution in [0, 0.1) is 0 Å². The highest BCUT2D eigenvalue weighted by Gasteiger charge is 2.21. The molecule has 8 heteroatoms. The largest absolute Gasteiger partial charge is 0.379 e. The molecule has 1 aliphatic carbocycles. The van der Waals surface area contributed by atoms with Crippen molar-refractivity contribution in [3.05, 3.63) is 41.2 Å². The Hall–Kier alpha value is -2.32. The summed E-state index contributed by atoms with van der Waals surface area (Å²) >= 11 is 0. The molecular formula is C20H28N6O2. The van der Waals surface area contributed by atoms with Crippen LogP contribution in [0.3, 0.4) is 0 Å². The maximum Gasteiger partial charge on any atom is 0.220 e. The zero-order valence-electron chi connectivity index (χ0n) is 16.2. The van der Waals surface area contributed by atoms with Gasteiger partial charge in [0.25, 0.3) is 0 Å². The predicted octanol–water partition coefficient (Wildman–Crippen LogP) is 1.48. The van der Waals surface area contributed by atoms with Crippen LogP contribution in [0.2, 0.25) is 0 Å². The minimum absolute atomic E-state index is 0.101. The fourth-order valence-electron chi connectivity index (χ4n) is 4.03. The minimum atomic E-state index is 0.101. The summed E-state index contributed by atoms with van der Waals surface area (Å²) in [6.45, 7) is 4.69. The van der Waals surface area contributed by atoms with E-state index >= 15 is 0 Å². The highest BCUT2D eigenvalue weighted by atomic mass is 16.5. The molecule has 0 saturated carbocycles. The average Bonchev–Trinajstić information content (AvgIpc) is 3.16. The van der Waals surface area contributed by atoms with E-state index in [1.165, 1.54) is 11.1 Å². The molecule has 0 radical (unpaired) electrons. The smallest absolute Gasteiger partial charge is 0.220 e. The topological polar surface area (TPSA) is 85.2 Å². The lowest BCUT2D eigenvalue weighted by Gasteiger charge is -2.26. The van der Waals surface area contributed by atoms with Crippen molar-refractivity contribution in [2.24, 2.45) is 0 Å². The Bertz CT molecular complexity index is 787. The summed E-state index contributed by atoms with van der Waals surface area (Å²) in [6.07, 6.45) is 4.45. The lowest BCUT2D eigenvalue weighted by atomic mass is 9.87. The Kier molecular flexibility index (Phi) is 6.28. The third-order valence-corrected chi connectivity index (χ3v) is 5.55. The fraction of sp³-hybridized carbons (Fsp3) is 0.600. The summed E-state index contributed by atoms with van der Waals surface area (Å²) in [5.74, 6) is 0.952.